The van der Waals surface area contributed by atoms with Crippen molar-refractivity contribution in [3.8, 4) is 11.2 Å². The maximum absolute atomic E-state index is 11.4. The normalized spacial score (nSPS) is 10.4. The molecule has 4 heteroatoms. The predicted octanol–water partition coefficient (Wildman–Crippen LogP) is 2.34. The van der Waals surface area contributed by atoms with Crippen LogP contribution < -0.4 is 0 Å². The van der Waals surface area contributed by atoms with Crippen molar-refractivity contribution < 1.29 is 8.42 Å². The molecule has 1 rings (SSSR count). The highest BCUT2D eigenvalue weighted by atomic mass is 79.9. The molecule has 1 aromatic carbocycles. The molecule has 0 amide bonds. The molecule has 0 radical (unpaired) electrons. The van der Waals surface area contributed by atoms with Crippen LogP contribution in [0.5, 0.6) is 0 Å². The van der Waals surface area contributed by atoms with Crippen LogP contribution in [0.1, 0.15) is 12.5 Å². The van der Waals surface area contributed by atoms with Crippen LogP contribution in [0.4, 0.5) is 0 Å². The zero-order chi connectivity index (χ0) is 10.6. The number of halogens is 1. The molecule has 14 heavy (non-hydrogen) atoms. The molecule has 0 saturated heterocycles. The minimum absolute atomic E-state index is 0.0464. The summed E-state index contributed by atoms with van der Waals surface area (Å²) in [6.45, 7) is 1.51. The van der Waals surface area contributed by atoms with E-state index in [9.17, 15) is 8.42 Å². The highest BCUT2D eigenvalue weighted by molar-refractivity contribution is 9.10. The monoisotopic (exact) mass is 272 g/mol. The van der Waals surface area contributed by atoms with E-state index in [1.165, 1.54) is 6.92 Å². The van der Waals surface area contributed by atoms with E-state index >= 15 is 0 Å². The van der Waals surface area contributed by atoms with Crippen LogP contribution >= 0.6 is 15.9 Å². The van der Waals surface area contributed by atoms with E-state index in [0.29, 0.717) is 0 Å². The van der Waals surface area contributed by atoms with Gasteiger partial charge >= 0.3 is 0 Å². The molecule has 0 N–H and O–H groups in total. The smallest absolute Gasteiger partial charge is 0.215 e. The second-order valence-corrected chi connectivity index (χ2v) is 5.28. The largest absolute Gasteiger partial charge is 0.220 e. The van der Waals surface area contributed by atoms with Gasteiger partial charge in [0.05, 0.1) is 5.75 Å². The molecular formula is C10H9BrO2S. The number of sulfone groups is 1. The van der Waals surface area contributed by atoms with E-state index in [4.69, 9.17) is 0 Å². The van der Waals surface area contributed by atoms with Crippen LogP contribution in [0.2, 0.25) is 0 Å². The lowest BCUT2D eigenvalue weighted by atomic mass is 10.2. The summed E-state index contributed by atoms with van der Waals surface area (Å²) in [7, 11) is -3.30. The SMILES string of the molecule is CC#CS(=O)(=O)Cc1ccccc1Br. The standard InChI is InChI=1S/C10H9BrO2S/c1-2-7-14(12,13)8-9-5-3-4-6-10(9)11/h3-6H,8H2,1H3. The van der Waals surface area contributed by atoms with E-state index in [1.54, 1.807) is 12.1 Å². The van der Waals surface area contributed by atoms with Crippen LogP contribution in [0.15, 0.2) is 28.7 Å². The molecule has 74 valence electrons. The highest BCUT2D eigenvalue weighted by Gasteiger charge is 2.09. The molecular weight excluding hydrogens is 264 g/mol. The summed E-state index contributed by atoms with van der Waals surface area (Å²) >= 11 is 3.29. The van der Waals surface area contributed by atoms with Gasteiger partial charge in [-0.25, -0.2) is 8.42 Å². The van der Waals surface area contributed by atoms with Crippen molar-refractivity contribution in [2.45, 2.75) is 12.7 Å². The summed E-state index contributed by atoms with van der Waals surface area (Å²) in [5.41, 5.74) is 0.732. The molecule has 0 aromatic heterocycles. The Kier molecular flexibility index (Phi) is 3.73. The minimum atomic E-state index is -3.30. The topological polar surface area (TPSA) is 34.1 Å². The van der Waals surface area contributed by atoms with Crippen LogP contribution in [0.25, 0.3) is 0 Å². The predicted molar refractivity (Wildman–Crippen MR) is 60.2 cm³/mol. The van der Waals surface area contributed by atoms with Gasteiger partial charge in [-0.2, -0.15) is 0 Å². The molecule has 0 aliphatic rings. The minimum Gasteiger partial charge on any atom is -0.215 e. The lowest BCUT2D eigenvalue weighted by Gasteiger charge is -2.00. The Balaban J connectivity index is 2.99. The first-order valence-electron chi connectivity index (χ1n) is 3.95. The van der Waals surface area contributed by atoms with Crippen molar-refractivity contribution >= 4 is 25.8 Å². The van der Waals surface area contributed by atoms with Crippen molar-refractivity contribution in [1.29, 1.82) is 0 Å². The molecule has 0 bridgehead atoms. The molecule has 0 heterocycles. The molecule has 0 atom stereocenters. The summed E-state index contributed by atoms with van der Waals surface area (Å²) < 4.78 is 23.5. The third-order valence-electron chi connectivity index (χ3n) is 1.56. The van der Waals surface area contributed by atoms with E-state index in [2.05, 4.69) is 27.1 Å². The van der Waals surface area contributed by atoms with Gasteiger partial charge < -0.3 is 0 Å². The van der Waals surface area contributed by atoms with Crippen LogP contribution in [0, 0.1) is 11.2 Å². The molecule has 0 aliphatic heterocycles. The summed E-state index contributed by atoms with van der Waals surface area (Å²) in [6, 6.07) is 7.21. The highest BCUT2D eigenvalue weighted by Crippen LogP contribution is 2.18. The molecule has 2 nitrogen and oxygen atoms in total. The maximum atomic E-state index is 11.4. The average molecular weight is 273 g/mol. The first-order chi connectivity index (χ1) is 6.55. The van der Waals surface area contributed by atoms with Crippen molar-refractivity contribution in [3.63, 3.8) is 0 Å². The summed E-state index contributed by atoms with van der Waals surface area (Å²) in [4.78, 5) is 0. The fourth-order valence-electron chi connectivity index (χ4n) is 1.01. The number of hydrogen-bond donors (Lipinski definition) is 0. The Morgan fingerprint density at radius 1 is 1.36 bits per heavy atom. The van der Waals surface area contributed by atoms with Gasteiger partial charge in [-0.15, -0.1) is 0 Å². The molecule has 0 saturated carbocycles. The quantitative estimate of drug-likeness (QED) is 0.612. The van der Waals surface area contributed by atoms with E-state index in [1.807, 2.05) is 12.1 Å². The fraction of sp³-hybridized carbons (Fsp3) is 0.200. The maximum Gasteiger partial charge on any atom is 0.220 e. The van der Waals surface area contributed by atoms with Gasteiger partial charge in [0, 0.05) is 9.73 Å². The van der Waals surface area contributed by atoms with Gasteiger partial charge in [0.25, 0.3) is 0 Å². The van der Waals surface area contributed by atoms with Gasteiger partial charge in [0.1, 0.15) is 0 Å². The van der Waals surface area contributed by atoms with Crippen molar-refractivity contribution in [1.82, 2.24) is 0 Å². The van der Waals surface area contributed by atoms with Crippen LogP contribution in [0.3, 0.4) is 0 Å². The number of hydrogen-bond acceptors (Lipinski definition) is 2. The lowest BCUT2D eigenvalue weighted by molar-refractivity contribution is 0.605. The van der Waals surface area contributed by atoms with Gasteiger partial charge in [0.15, 0.2) is 0 Å². The Morgan fingerprint density at radius 3 is 2.57 bits per heavy atom. The Hall–Kier alpha value is -0.790. The van der Waals surface area contributed by atoms with Gasteiger partial charge in [0.2, 0.25) is 9.84 Å². The summed E-state index contributed by atoms with van der Waals surface area (Å²) in [5.74, 6) is 2.35. The number of benzene rings is 1. The number of rotatable bonds is 2. The Morgan fingerprint density at radius 2 is 2.00 bits per heavy atom. The fourth-order valence-corrected chi connectivity index (χ4v) is 2.67. The van der Waals surface area contributed by atoms with Crippen molar-refractivity contribution in [2.75, 3.05) is 0 Å². The molecule has 0 unspecified atom stereocenters. The third-order valence-corrected chi connectivity index (χ3v) is 3.54. The second-order valence-electron chi connectivity index (χ2n) is 2.70. The van der Waals surface area contributed by atoms with E-state index in [0.717, 1.165) is 10.0 Å². The Labute approximate surface area is 92.4 Å². The lowest BCUT2D eigenvalue weighted by Crippen LogP contribution is -2.00. The Bertz CT molecular complexity index is 480. The molecule has 0 aliphatic carbocycles. The molecule has 0 spiro atoms. The average Bonchev–Trinajstić information content (AvgIpc) is 2.08. The summed E-state index contributed by atoms with van der Waals surface area (Å²) in [5, 5.41) is 2.20. The first-order valence-corrected chi connectivity index (χ1v) is 6.39. The van der Waals surface area contributed by atoms with Crippen LogP contribution in [-0.4, -0.2) is 8.42 Å². The second kappa shape index (κ2) is 4.63. The van der Waals surface area contributed by atoms with Crippen LogP contribution in [-0.2, 0) is 15.6 Å². The van der Waals surface area contributed by atoms with Gasteiger partial charge in [-0.05, 0) is 18.6 Å². The third kappa shape index (κ3) is 3.17. The molecule has 0 fully saturated rings. The van der Waals surface area contributed by atoms with E-state index < -0.39 is 9.84 Å². The molecule has 1 aromatic rings. The van der Waals surface area contributed by atoms with Gasteiger partial charge in [-0.3, -0.25) is 0 Å². The zero-order valence-corrected chi connectivity index (χ0v) is 10.0. The van der Waals surface area contributed by atoms with E-state index in [-0.39, 0.29) is 5.75 Å². The van der Waals surface area contributed by atoms with Gasteiger partial charge in [-0.1, -0.05) is 40.0 Å². The summed E-state index contributed by atoms with van der Waals surface area (Å²) in [6.07, 6.45) is 0. The van der Waals surface area contributed by atoms with Crippen molar-refractivity contribution in [2.24, 2.45) is 0 Å². The zero-order valence-electron chi connectivity index (χ0n) is 7.62. The van der Waals surface area contributed by atoms with Crippen molar-refractivity contribution in [3.05, 3.63) is 34.3 Å². The first kappa shape index (κ1) is 11.3.